The summed E-state index contributed by atoms with van der Waals surface area (Å²) in [7, 11) is 0. The molecular weight excluding hydrogens is 263 g/mol. The van der Waals surface area contributed by atoms with E-state index in [0.29, 0.717) is 11.0 Å². The molecule has 0 atom stereocenters. The fraction of sp³-hybridized carbons (Fsp3) is 0.667. The van der Waals surface area contributed by atoms with Gasteiger partial charge in [0.15, 0.2) is 0 Å². The van der Waals surface area contributed by atoms with Gasteiger partial charge in [-0.2, -0.15) is 0 Å². The van der Waals surface area contributed by atoms with E-state index in [2.05, 4.69) is 4.74 Å². The lowest BCUT2D eigenvalue weighted by atomic mass is 10.2. The summed E-state index contributed by atoms with van der Waals surface area (Å²) in [4.78, 5) is 20.6. The van der Waals surface area contributed by atoms with E-state index in [1.165, 1.54) is 0 Å². The van der Waals surface area contributed by atoms with Gasteiger partial charge in [-0.25, -0.2) is 0 Å². The van der Waals surface area contributed by atoms with Crippen molar-refractivity contribution >= 4 is 34.5 Å². The van der Waals surface area contributed by atoms with Crippen LogP contribution in [0.25, 0.3) is 0 Å². The highest BCUT2D eigenvalue weighted by atomic mass is 127. The van der Waals surface area contributed by atoms with Crippen molar-refractivity contribution in [3.63, 3.8) is 0 Å². The molecule has 1 N–H and O–H groups in total. The Kier molecular flexibility index (Phi) is 6.19. The van der Waals surface area contributed by atoms with Crippen molar-refractivity contribution in [3.05, 3.63) is 0 Å². The zero-order valence-electron chi connectivity index (χ0n) is 5.88. The van der Waals surface area contributed by atoms with Gasteiger partial charge in [-0.1, -0.05) is 0 Å². The maximum atomic E-state index is 10.6. The molecule has 0 aliphatic heterocycles. The third kappa shape index (κ3) is 7.57. The van der Waals surface area contributed by atoms with Gasteiger partial charge in [0, 0.05) is 12.8 Å². The Morgan fingerprint density at radius 1 is 1.36 bits per heavy atom. The third-order valence-electron chi connectivity index (χ3n) is 0.987. The van der Waals surface area contributed by atoms with E-state index in [9.17, 15) is 9.59 Å². The van der Waals surface area contributed by atoms with Crippen LogP contribution in [0.2, 0.25) is 0 Å². The van der Waals surface area contributed by atoms with E-state index < -0.39 is 5.97 Å². The molecule has 0 aromatic carbocycles. The first-order valence-electron chi connectivity index (χ1n) is 3.10. The molecule has 0 saturated carbocycles. The SMILES string of the molecule is O=C(O)CCCC(=O)OCI. The molecular formula is C6H9IO4. The number of ether oxygens (including phenoxy) is 1. The van der Waals surface area contributed by atoms with E-state index >= 15 is 0 Å². The topological polar surface area (TPSA) is 63.6 Å². The number of carbonyl (C=O) groups is 2. The molecule has 11 heavy (non-hydrogen) atoms. The van der Waals surface area contributed by atoms with Gasteiger partial charge in [-0.3, -0.25) is 9.59 Å². The molecule has 0 rings (SSSR count). The molecule has 0 aromatic rings. The summed E-state index contributed by atoms with van der Waals surface area (Å²) < 4.78 is 4.90. The molecule has 0 spiro atoms. The van der Waals surface area contributed by atoms with Crippen molar-refractivity contribution in [2.75, 3.05) is 4.61 Å². The minimum Gasteiger partial charge on any atom is -0.481 e. The first-order valence-corrected chi connectivity index (χ1v) is 4.62. The van der Waals surface area contributed by atoms with Crippen molar-refractivity contribution in [2.45, 2.75) is 19.3 Å². The van der Waals surface area contributed by atoms with Crippen LogP contribution in [0.3, 0.4) is 0 Å². The molecule has 0 unspecified atom stereocenters. The number of hydrogen-bond acceptors (Lipinski definition) is 3. The maximum Gasteiger partial charge on any atom is 0.306 e. The second-order valence-electron chi connectivity index (χ2n) is 1.87. The monoisotopic (exact) mass is 272 g/mol. The van der Waals surface area contributed by atoms with Crippen LogP contribution >= 0.6 is 22.6 Å². The highest BCUT2D eigenvalue weighted by Gasteiger charge is 2.03. The molecule has 0 aliphatic carbocycles. The van der Waals surface area contributed by atoms with Gasteiger partial charge >= 0.3 is 11.9 Å². The maximum absolute atomic E-state index is 10.6. The first kappa shape index (κ1) is 10.7. The number of carboxylic acid groups (broad SMARTS) is 1. The Labute approximate surface area is 78.1 Å². The number of carboxylic acids is 1. The molecule has 0 saturated heterocycles. The summed E-state index contributed by atoms with van der Waals surface area (Å²) >= 11 is 1.91. The van der Waals surface area contributed by atoms with Gasteiger partial charge in [0.05, 0.1) is 0 Å². The molecule has 0 heterocycles. The van der Waals surface area contributed by atoms with Crippen molar-refractivity contribution in [2.24, 2.45) is 0 Å². The normalized spacial score (nSPS) is 9.18. The van der Waals surface area contributed by atoms with Crippen LogP contribution in [0, 0.1) is 0 Å². The highest BCUT2D eigenvalue weighted by molar-refractivity contribution is 14.1. The van der Waals surface area contributed by atoms with E-state index in [4.69, 9.17) is 5.11 Å². The summed E-state index contributed by atoms with van der Waals surface area (Å²) in [5.41, 5.74) is 0. The fourth-order valence-electron chi connectivity index (χ4n) is 0.517. The first-order chi connectivity index (χ1) is 5.16. The minimum atomic E-state index is -0.882. The molecule has 0 fully saturated rings. The van der Waals surface area contributed by atoms with Gasteiger partial charge in [0.25, 0.3) is 0 Å². The second-order valence-corrected chi connectivity index (χ2v) is 2.50. The van der Waals surface area contributed by atoms with Gasteiger partial charge in [-0.15, -0.1) is 0 Å². The standard InChI is InChI=1S/C6H9IO4/c7-4-11-6(10)3-1-2-5(8)9/h1-4H2,(H,8,9). The number of carbonyl (C=O) groups excluding carboxylic acids is 1. The van der Waals surface area contributed by atoms with Crippen LogP contribution in [0.5, 0.6) is 0 Å². The van der Waals surface area contributed by atoms with E-state index in [1.807, 2.05) is 22.6 Å². The molecule has 4 nitrogen and oxygen atoms in total. The van der Waals surface area contributed by atoms with Gasteiger partial charge in [0.2, 0.25) is 0 Å². The summed E-state index contributed by atoms with van der Waals surface area (Å²) in [5, 5.41) is 8.20. The van der Waals surface area contributed by atoms with Crippen molar-refractivity contribution in [1.29, 1.82) is 0 Å². The summed E-state index contributed by atoms with van der Waals surface area (Å²) in [6.07, 6.45) is 0.566. The van der Waals surface area contributed by atoms with Crippen molar-refractivity contribution < 1.29 is 19.4 Å². The second kappa shape index (κ2) is 6.38. The number of hydrogen-bond donors (Lipinski definition) is 1. The summed E-state index contributed by atoms with van der Waals surface area (Å²) in [6, 6.07) is 0. The predicted octanol–water partition coefficient (Wildman–Crippen LogP) is 1.18. The van der Waals surface area contributed by atoms with Crippen molar-refractivity contribution in [3.8, 4) is 0 Å². The minimum absolute atomic E-state index is 0.0242. The number of alkyl halides is 1. The van der Waals surface area contributed by atoms with Gasteiger partial charge in [0.1, 0.15) is 4.61 Å². The van der Waals surface area contributed by atoms with E-state index in [-0.39, 0.29) is 18.8 Å². The molecule has 64 valence electrons. The third-order valence-corrected chi connectivity index (χ3v) is 1.30. The van der Waals surface area contributed by atoms with E-state index in [1.54, 1.807) is 0 Å². The van der Waals surface area contributed by atoms with Gasteiger partial charge in [-0.05, 0) is 29.0 Å². The lowest BCUT2D eigenvalue weighted by Gasteiger charge is -1.97. The van der Waals surface area contributed by atoms with Crippen LogP contribution in [0.15, 0.2) is 0 Å². The molecule has 0 amide bonds. The lowest BCUT2D eigenvalue weighted by Crippen LogP contribution is -2.03. The number of aliphatic carboxylic acids is 1. The molecule has 0 aromatic heterocycles. The van der Waals surface area contributed by atoms with Crippen molar-refractivity contribution in [1.82, 2.24) is 0 Å². The zero-order valence-corrected chi connectivity index (χ0v) is 8.04. The zero-order chi connectivity index (χ0) is 8.69. The Hall–Kier alpha value is -0.330. The van der Waals surface area contributed by atoms with Crippen LogP contribution < -0.4 is 0 Å². The average Bonchev–Trinajstić information content (AvgIpc) is 1.87. The van der Waals surface area contributed by atoms with Crippen LogP contribution in [-0.4, -0.2) is 21.7 Å². The van der Waals surface area contributed by atoms with Crippen LogP contribution in [-0.2, 0) is 14.3 Å². The highest BCUT2D eigenvalue weighted by Crippen LogP contribution is 1.98. The summed E-state index contributed by atoms with van der Waals surface area (Å²) in [6.45, 7) is 0. The Morgan fingerprint density at radius 3 is 2.45 bits per heavy atom. The Balaban J connectivity index is 3.24. The molecule has 0 aliphatic rings. The largest absolute Gasteiger partial charge is 0.481 e. The molecule has 0 bridgehead atoms. The number of rotatable bonds is 5. The molecule has 0 radical (unpaired) electrons. The van der Waals surface area contributed by atoms with Crippen LogP contribution in [0.1, 0.15) is 19.3 Å². The quantitative estimate of drug-likeness (QED) is 0.463. The number of halogens is 1. The smallest absolute Gasteiger partial charge is 0.306 e. The Morgan fingerprint density at radius 2 is 2.00 bits per heavy atom. The van der Waals surface area contributed by atoms with Crippen LogP contribution in [0.4, 0.5) is 0 Å². The number of esters is 1. The van der Waals surface area contributed by atoms with E-state index in [0.717, 1.165) is 0 Å². The average molecular weight is 272 g/mol. The summed E-state index contributed by atoms with van der Waals surface area (Å²) in [5.74, 6) is -1.21. The Bertz CT molecular complexity index is 146. The van der Waals surface area contributed by atoms with Gasteiger partial charge < -0.3 is 9.84 Å². The fourth-order valence-corrected chi connectivity index (χ4v) is 0.864. The predicted molar refractivity (Wildman–Crippen MR) is 46.5 cm³/mol. The lowest BCUT2D eigenvalue weighted by molar-refractivity contribution is -0.141. The molecule has 5 heteroatoms.